The van der Waals surface area contributed by atoms with Gasteiger partial charge in [0.1, 0.15) is 0 Å². The Hall–Kier alpha value is -1.84. The molecule has 108 valence electrons. The van der Waals surface area contributed by atoms with Crippen LogP contribution >= 0.6 is 0 Å². The molecule has 0 heterocycles. The van der Waals surface area contributed by atoms with Crippen LogP contribution < -0.4 is 0 Å². The van der Waals surface area contributed by atoms with Gasteiger partial charge < -0.3 is 10.0 Å². The van der Waals surface area contributed by atoms with E-state index >= 15 is 0 Å². The van der Waals surface area contributed by atoms with E-state index in [0.29, 0.717) is 6.54 Å². The molecular formula is C16H21NO3. The molecule has 2 rings (SSSR count). The highest BCUT2D eigenvalue weighted by Gasteiger charge is 2.35. The molecule has 1 aliphatic carbocycles. The molecule has 1 atom stereocenters. The number of aliphatic carboxylic acids is 1. The van der Waals surface area contributed by atoms with Crippen molar-refractivity contribution >= 4 is 11.9 Å². The average Bonchev–Trinajstić information content (AvgIpc) is 3.25. The van der Waals surface area contributed by atoms with Gasteiger partial charge in [-0.3, -0.25) is 9.59 Å². The van der Waals surface area contributed by atoms with Crippen molar-refractivity contribution in [2.75, 3.05) is 6.54 Å². The van der Waals surface area contributed by atoms with Gasteiger partial charge in [-0.05, 0) is 24.8 Å². The number of hydrogen-bond donors (Lipinski definition) is 1. The molecule has 1 saturated carbocycles. The Balaban J connectivity index is 2.10. The highest BCUT2D eigenvalue weighted by atomic mass is 16.4. The molecule has 1 fully saturated rings. The van der Waals surface area contributed by atoms with Gasteiger partial charge in [-0.1, -0.05) is 37.3 Å². The lowest BCUT2D eigenvalue weighted by Crippen LogP contribution is -2.38. The minimum Gasteiger partial charge on any atom is -0.481 e. The molecule has 0 aliphatic heterocycles. The lowest BCUT2D eigenvalue weighted by atomic mass is 9.95. The van der Waals surface area contributed by atoms with Crippen molar-refractivity contribution in [3.05, 3.63) is 35.9 Å². The van der Waals surface area contributed by atoms with Gasteiger partial charge in [0, 0.05) is 12.6 Å². The van der Waals surface area contributed by atoms with Crippen LogP contribution in [0.1, 0.15) is 44.1 Å². The molecule has 1 aromatic carbocycles. The summed E-state index contributed by atoms with van der Waals surface area (Å²) < 4.78 is 0. The van der Waals surface area contributed by atoms with E-state index in [-0.39, 0.29) is 24.3 Å². The summed E-state index contributed by atoms with van der Waals surface area (Å²) in [4.78, 5) is 25.2. The Labute approximate surface area is 119 Å². The number of benzene rings is 1. The van der Waals surface area contributed by atoms with E-state index in [0.717, 1.165) is 24.8 Å². The number of carbonyl (C=O) groups is 2. The SMILES string of the molecule is CCC(C(=O)N(CCC(=O)O)C1CC1)c1ccccc1. The van der Waals surface area contributed by atoms with E-state index in [1.165, 1.54) is 0 Å². The van der Waals surface area contributed by atoms with E-state index in [4.69, 9.17) is 5.11 Å². The van der Waals surface area contributed by atoms with Crippen molar-refractivity contribution in [3.63, 3.8) is 0 Å². The van der Waals surface area contributed by atoms with Crippen LogP contribution in [-0.4, -0.2) is 34.5 Å². The fraction of sp³-hybridized carbons (Fsp3) is 0.500. The Bertz CT molecular complexity index is 468. The van der Waals surface area contributed by atoms with E-state index in [2.05, 4.69) is 0 Å². The smallest absolute Gasteiger partial charge is 0.305 e. The zero-order chi connectivity index (χ0) is 14.5. The maximum Gasteiger partial charge on any atom is 0.305 e. The summed E-state index contributed by atoms with van der Waals surface area (Å²) in [5, 5.41) is 8.82. The van der Waals surface area contributed by atoms with Gasteiger partial charge in [0.15, 0.2) is 0 Å². The molecule has 1 N–H and O–H groups in total. The minimum atomic E-state index is -0.851. The molecule has 0 spiro atoms. The van der Waals surface area contributed by atoms with Gasteiger partial charge >= 0.3 is 5.97 Å². The number of carboxylic acids is 1. The minimum absolute atomic E-state index is 0.0213. The van der Waals surface area contributed by atoms with Crippen LogP contribution in [-0.2, 0) is 9.59 Å². The second-order valence-corrected chi connectivity index (χ2v) is 5.28. The summed E-state index contributed by atoms with van der Waals surface area (Å²) in [6.45, 7) is 2.32. The molecule has 0 aromatic heterocycles. The first-order valence-electron chi connectivity index (χ1n) is 7.20. The molecule has 1 amide bonds. The molecule has 0 saturated heterocycles. The van der Waals surface area contributed by atoms with Crippen LogP contribution in [0.4, 0.5) is 0 Å². The van der Waals surface area contributed by atoms with Crippen molar-refractivity contribution in [1.29, 1.82) is 0 Å². The maximum absolute atomic E-state index is 12.7. The average molecular weight is 275 g/mol. The second kappa shape index (κ2) is 6.55. The highest BCUT2D eigenvalue weighted by Crippen LogP contribution is 2.31. The molecule has 1 aliphatic rings. The summed E-state index contributed by atoms with van der Waals surface area (Å²) in [7, 11) is 0. The van der Waals surface area contributed by atoms with E-state index in [1.807, 2.05) is 37.3 Å². The van der Waals surface area contributed by atoms with Crippen LogP contribution in [0.5, 0.6) is 0 Å². The summed E-state index contributed by atoms with van der Waals surface area (Å²) in [6, 6.07) is 9.99. The summed E-state index contributed by atoms with van der Waals surface area (Å²) >= 11 is 0. The fourth-order valence-electron chi connectivity index (χ4n) is 2.51. The number of carboxylic acid groups (broad SMARTS) is 1. The third kappa shape index (κ3) is 3.59. The van der Waals surface area contributed by atoms with Crippen molar-refractivity contribution < 1.29 is 14.7 Å². The van der Waals surface area contributed by atoms with Crippen LogP contribution in [0.25, 0.3) is 0 Å². The number of rotatable bonds is 7. The molecule has 0 bridgehead atoms. The first-order valence-corrected chi connectivity index (χ1v) is 7.20. The Morgan fingerprint density at radius 1 is 1.30 bits per heavy atom. The normalized spacial score (nSPS) is 15.7. The largest absolute Gasteiger partial charge is 0.481 e. The highest BCUT2D eigenvalue weighted by molar-refractivity contribution is 5.84. The monoisotopic (exact) mass is 275 g/mol. The van der Waals surface area contributed by atoms with Gasteiger partial charge in [0.25, 0.3) is 0 Å². The molecule has 1 unspecified atom stereocenters. The maximum atomic E-state index is 12.7. The number of nitrogens with zero attached hydrogens (tertiary/aromatic N) is 1. The second-order valence-electron chi connectivity index (χ2n) is 5.28. The lowest BCUT2D eigenvalue weighted by Gasteiger charge is -2.26. The Morgan fingerprint density at radius 2 is 1.95 bits per heavy atom. The number of hydrogen-bond acceptors (Lipinski definition) is 2. The zero-order valence-corrected chi connectivity index (χ0v) is 11.8. The standard InChI is InChI=1S/C16H21NO3/c1-2-14(12-6-4-3-5-7-12)16(20)17(13-8-9-13)11-10-15(18)19/h3-7,13-14H,2,8-11H2,1H3,(H,18,19). The number of carbonyl (C=O) groups excluding carboxylic acids is 1. The molecule has 1 aromatic rings. The predicted octanol–water partition coefficient (Wildman–Crippen LogP) is 2.65. The van der Waals surface area contributed by atoms with Crippen LogP contribution in [0.2, 0.25) is 0 Å². The molecular weight excluding hydrogens is 254 g/mol. The van der Waals surface area contributed by atoms with Gasteiger partial charge in [0.2, 0.25) is 5.91 Å². The molecule has 0 radical (unpaired) electrons. The van der Waals surface area contributed by atoms with Crippen LogP contribution in [0, 0.1) is 0 Å². The van der Waals surface area contributed by atoms with Gasteiger partial charge in [0.05, 0.1) is 12.3 Å². The molecule has 4 heteroatoms. The first kappa shape index (κ1) is 14.6. The lowest BCUT2D eigenvalue weighted by molar-refractivity contribution is -0.139. The Kier molecular flexibility index (Phi) is 4.77. The summed E-state index contributed by atoms with van der Waals surface area (Å²) in [6.07, 6.45) is 2.75. The van der Waals surface area contributed by atoms with Crippen LogP contribution in [0.3, 0.4) is 0 Å². The summed E-state index contributed by atoms with van der Waals surface area (Å²) in [5.74, 6) is -0.941. The summed E-state index contributed by atoms with van der Waals surface area (Å²) in [5.41, 5.74) is 1.01. The van der Waals surface area contributed by atoms with Crippen molar-refractivity contribution in [3.8, 4) is 0 Å². The van der Waals surface area contributed by atoms with Crippen LogP contribution in [0.15, 0.2) is 30.3 Å². The van der Waals surface area contributed by atoms with Gasteiger partial charge in [-0.15, -0.1) is 0 Å². The zero-order valence-electron chi connectivity index (χ0n) is 11.8. The van der Waals surface area contributed by atoms with E-state index < -0.39 is 5.97 Å². The third-order valence-electron chi connectivity index (χ3n) is 3.75. The molecule has 4 nitrogen and oxygen atoms in total. The quantitative estimate of drug-likeness (QED) is 0.832. The van der Waals surface area contributed by atoms with Crippen molar-refractivity contribution in [2.24, 2.45) is 0 Å². The van der Waals surface area contributed by atoms with Gasteiger partial charge in [-0.2, -0.15) is 0 Å². The van der Waals surface area contributed by atoms with E-state index in [1.54, 1.807) is 4.90 Å². The number of amides is 1. The van der Waals surface area contributed by atoms with Crippen molar-refractivity contribution in [1.82, 2.24) is 4.90 Å². The Morgan fingerprint density at radius 3 is 2.45 bits per heavy atom. The van der Waals surface area contributed by atoms with Gasteiger partial charge in [-0.25, -0.2) is 0 Å². The van der Waals surface area contributed by atoms with Crippen molar-refractivity contribution in [2.45, 2.75) is 44.6 Å². The molecule has 20 heavy (non-hydrogen) atoms. The van der Waals surface area contributed by atoms with E-state index in [9.17, 15) is 9.59 Å². The predicted molar refractivity (Wildman–Crippen MR) is 76.5 cm³/mol. The fourth-order valence-corrected chi connectivity index (χ4v) is 2.51. The topological polar surface area (TPSA) is 57.6 Å². The third-order valence-corrected chi connectivity index (χ3v) is 3.75. The first-order chi connectivity index (χ1) is 9.63.